The number of non-ortho nitro benzene ring substituents is 1. The van der Waals surface area contributed by atoms with Crippen LogP contribution < -0.4 is 0 Å². The van der Waals surface area contributed by atoms with Crippen molar-refractivity contribution in [2.75, 3.05) is 14.1 Å². The Labute approximate surface area is 138 Å². The van der Waals surface area contributed by atoms with Crippen LogP contribution in [0.25, 0.3) is 0 Å². The van der Waals surface area contributed by atoms with Crippen molar-refractivity contribution in [2.45, 2.75) is 5.92 Å². The Hall–Kier alpha value is -3.22. The van der Waals surface area contributed by atoms with Crippen molar-refractivity contribution in [1.29, 1.82) is 0 Å². The summed E-state index contributed by atoms with van der Waals surface area (Å²) in [6.07, 6.45) is 7.17. The number of ether oxygens (including phenoxy) is 1. The second-order valence-electron chi connectivity index (χ2n) is 5.58. The van der Waals surface area contributed by atoms with Gasteiger partial charge < -0.3 is 9.75 Å². The molecule has 3 rings (SSSR count). The summed E-state index contributed by atoms with van der Waals surface area (Å²) in [5, 5.41) is 16.6. The van der Waals surface area contributed by atoms with Crippen LogP contribution in [0.3, 0.4) is 0 Å². The standard InChI is InChI=1S/C17H15N3O4/c1-19(2)18-13-6-3-12-9-15(17(21)24-16(12)10-13)11-4-7-14(8-5-11)20(22)23/h3-10,15H,1-2H3. The largest absolute Gasteiger partial charge is 0.425 e. The van der Waals surface area contributed by atoms with Gasteiger partial charge in [-0.25, -0.2) is 0 Å². The van der Waals surface area contributed by atoms with Gasteiger partial charge in [0, 0.05) is 37.9 Å². The Kier molecular flexibility index (Phi) is 3.99. The van der Waals surface area contributed by atoms with E-state index in [1.165, 1.54) is 12.1 Å². The van der Waals surface area contributed by atoms with Gasteiger partial charge in [-0.15, -0.1) is 0 Å². The monoisotopic (exact) mass is 325 g/mol. The van der Waals surface area contributed by atoms with Gasteiger partial charge in [-0.1, -0.05) is 18.2 Å². The minimum atomic E-state index is -0.588. The van der Waals surface area contributed by atoms with Gasteiger partial charge in [0.05, 0.1) is 10.6 Å². The molecule has 1 aliphatic heterocycles. The van der Waals surface area contributed by atoms with E-state index >= 15 is 0 Å². The van der Waals surface area contributed by atoms with Gasteiger partial charge in [-0.05, 0) is 17.7 Å². The Morgan fingerprint density at radius 3 is 2.54 bits per heavy atom. The lowest BCUT2D eigenvalue weighted by Gasteiger charge is -2.23. The summed E-state index contributed by atoms with van der Waals surface area (Å²) in [6, 6.07) is 5.90. The molecule has 0 N–H and O–H groups in total. The average molecular weight is 325 g/mol. The quantitative estimate of drug-likeness (QED) is 0.484. The third kappa shape index (κ3) is 3.10. The molecular formula is C17H15N3O4. The molecule has 0 bridgehead atoms. The summed E-state index contributed by atoms with van der Waals surface area (Å²) in [5.74, 6) is -0.547. The fourth-order valence-electron chi connectivity index (χ4n) is 2.50. The molecule has 1 unspecified atom stereocenters. The summed E-state index contributed by atoms with van der Waals surface area (Å²) in [4.78, 5) is 22.5. The van der Waals surface area contributed by atoms with Crippen molar-refractivity contribution in [3.63, 3.8) is 0 Å². The molecule has 7 heteroatoms. The number of nitrogens with zero attached hydrogens (tertiary/aromatic N) is 3. The maximum Gasteiger partial charge on any atom is 0.322 e. The van der Waals surface area contributed by atoms with Gasteiger partial charge >= 0.3 is 5.97 Å². The highest BCUT2D eigenvalue weighted by Crippen LogP contribution is 2.32. The topological polar surface area (TPSA) is 85.0 Å². The Bertz CT molecular complexity index is 817. The molecule has 122 valence electrons. The van der Waals surface area contributed by atoms with Gasteiger partial charge in [0.1, 0.15) is 11.7 Å². The molecule has 0 spiro atoms. The fraction of sp³-hybridized carbons (Fsp3) is 0.176. The molecular weight excluding hydrogens is 310 g/mol. The highest BCUT2D eigenvalue weighted by molar-refractivity contribution is 6.07. The molecule has 1 aromatic carbocycles. The number of rotatable bonds is 3. The van der Waals surface area contributed by atoms with Crippen LogP contribution in [0.5, 0.6) is 0 Å². The first-order chi connectivity index (χ1) is 11.4. The van der Waals surface area contributed by atoms with Crippen LogP contribution in [0.1, 0.15) is 11.5 Å². The van der Waals surface area contributed by atoms with Gasteiger partial charge in [0.15, 0.2) is 0 Å². The maximum atomic E-state index is 12.3. The highest BCUT2D eigenvalue weighted by atomic mass is 16.6. The smallest absolute Gasteiger partial charge is 0.322 e. The molecule has 0 amide bonds. The summed E-state index contributed by atoms with van der Waals surface area (Å²) >= 11 is 0. The van der Waals surface area contributed by atoms with Crippen LogP contribution in [0.2, 0.25) is 0 Å². The van der Waals surface area contributed by atoms with Gasteiger partial charge in [0.2, 0.25) is 0 Å². The maximum absolute atomic E-state index is 12.3. The molecule has 0 fully saturated rings. The van der Waals surface area contributed by atoms with Crippen LogP contribution in [0.15, 0.2) is 65.0 Å². The number of hydrazone groups is 1. The molecule has 24 heavy (non-hydrogen) atoms. The van der Waals surface area contributed by atoms with Crippen molar-refractivity contribution in [2.24, 2.45) is 5.10 Å². The number of allylic oxidation sites excluding steroid dienone is 3. The SMILES string of the molecule is CN(C)N=C1C=CC2=CC(c3ccc([N+](=O)[O-])cc3)C(=O)OC2=C1. The highest BCUT2D eigenvalue weighted by Gasteiger charge is 2.29. The lowest BCUT2D eigenvalue weighted by Crippen LogP contribution is -2.22. The van der Waals surface area contributed by atoms with Crippen LogP contribution >= 0.6 is 0 Å². The summed E-state index contributed by atoms with van der Waals surface area (Å²) in [7, 11) is 3.62. The van der Waals surface area contributed by atoms with Crippen LogP contribution in [-0.4, -0.2) is 35.7 Å². The third-order valence-corrected chi connectivity index (χ3v) is 3.59. The molecule has 2 aliphatic rings. The van der Waals surface area contributed by atoms with Crippen molar-refractivity contribution in [3.8, 4) is 0 Å². The van der Waals surface area contributed by atoms with Crippen molar-refractivity contribution in [1.82, 2.24) is 5.01 Å². The second kappa shape index (κ2) is 6.11. The second-order valence-corrected chi connectivity index (χ2v) is 5.58. The molecule has 1 aromatic rings. The number of hydrogen-bond acceptors (Lipinski definition) is 6. The third-order valence-electron chi connectivity index (χ3n) is 3.59. The Morgan fingerprint density at radius 1 is 1.21 bits per heavy atom. The van der Waals surface area contributed by atoms with E-state index in [4.69, 9.17) is 4.74 Å². The Morgan fingerprint density at radius 2 is 1.92 bits per heavy atom. The average Bonchev–Trinajstić information content (AvgIpc) is 2.53. The van der Waals surface area contributed by atoms with Gasteiger partial charge in [0.25, 0.3) is 5.69 Å². The molecule has 1 aliphatic carbocycles. The molecule has 1 atom stereocenters. The normalized spacial score (nSPS) is 20.8. The summed E-state index contributed by atoms with van der Waals surface area (Å²) in [6.45, 7) is 0. The zero-order valence-electron chi connectivity index (χ0n) is 13.2. The number of hydrogen-bond donors (Lipinski definition) is 0. The van der Waals surface area contributed by atoms with Gasteiger partial charge in [-0.2, -0.15) is 5.10 Å². The summed E-state index contributed by atoms with van der Waals surface area (Å²) < 4.78 is 5.42. The zero-order valence-corrected chi connectivity index (χ0v) is 13.2. The van der Waals surface area contributed by atoms with E-state index in [0.29, 0.717) is 17.0 Å². The van der Waals surface area contributed by atoms with Gasteiger partial charge in [-0.3, -0.25) is 14.9 Å². The minimum absolute atomic E-state index is 0.0155. The van der Waals surface area contributed by atoms with Crippen molar-refractivity contribution >= 4 is 17.4 Å². The fourth-order valence-corrected chi connectivity index (χ4v) is 2.50. The minimum Gasteiger partial charge on any atom is -0.425 e. The van der Waals surface area contributed by atoms with E-state index in [1.54, 1.807) is 29.3 Å². The number of carbonyl (C=O) groups is 1. The molecule has 0 radical (unpaired) electrons. The molecule has 1 heterocycles. The first kappa shape index (κ1) is 15.7. The number of nitro benzene ring substituents is 1. The number of esters is 1. The van der Waals surface area contributed by atoms with E-state index in [9.17, 15) is 14.9 Å². The summed E-state index contributed by atoms with van der Waals surface area (Å²) in [5.41, 5.74) is 2.11. The zero-order chi connectivity index (χ0) is 17.3. The number of nitro groups is 1. The molecule has 7 nitrogen and oxygen atoms in total. The van der Waals surface area contributed by atoms with Crippen molar-refractivity contribution < 1.29 is 14.5 Å². The first-order valence-corrected chi connectivity index (χ1v) is 7.28. The van der Waals surface area contributed by atoms with E-state index < -0.39 is 16.8 Å². The predicted molar refractivity (Wildman–Crippen MR) is 88.4 cm³/mol. The van der Waals surface area contributed by atoms with Crippen molar-refractivity contribution in [3.05, 3.63) is 75.6 Å². The first-order valence-electron chi connectivity index (χ1n) is 7.28. The molecule has 0 aromatic heterocycles. The van der Waals surface area contributed by atoms with Crippen LogP contribution in [-0.2, 0) is 9.53 Å². The van der Waals surface area contributed by atoms with E-state index in [2.05, 4.69) is 5.10 Å². The number of carbonyl (C=O) groups excluding carboxylic acids is 1. The van der Waals surface area contributed by atoms with E-state index in [-0.39, 0.29) is 5.69 Å². The number of benzene rings is 1. The number of fused-ring (bicyclic) bond motifs is 1. The molecule has 0 saturated heterocycles. The lowest BCUT2D eigenvalue weighted by atomic mass is 9.92. The van der Waals surface area contributed by atoms with E-state index in [1.807, 2.05) is 26.2 Å². The van der Waals surface area contributed by atoms with Crippen LogP contribution in [0, 0.1) is 10.1 Å². The lowest BCUT2D eigenvalue weighted by molar-refractivity contribution is -0.384. The van der Waals surface area contributed by atoms with Crippen LogP contribution in [0.4, 0.5) is 5.69 Å². The predicted octanol–water partition coefficient (Wildman–Crippen LogP) is 2.53. The van der Waals surface area contributed by atoms with E-state index in [0.717, 1.165) is 5.57 Å². The Balaban J connectivity index is 1.90. The molecule has 0 saturated carbocycles.